The molecule has 0 aromatic rings. The number of carboxylic acids is 1. The van der Waals surface area contributed by atoms with Crippen LogP contribution in [-0.4, -0.2) is 35.6 Å². The Morgan fingerprint density at radius 1 is 1.06 bits per heavy atom. The lowest BCUT2D eigenvalue weighted by Gasteiger charge is -2.24. The van der Waals surface area contributed by atoms with Gasteiger partial charge in [-0.2, -0.15) is 0 Å². The Kier molecular flexibility index (Phi) is 4.58. The Bertz CT molecular complexity index is 313. The molecule has 1 saturated heterocycles. The van der Waals surface area contributed by atoms with Crippen LogP contribution < -0.4 is 10.6 Å². The third kappa shape index (κ3) is 3.22. The molecule has 5 heteroatoms. The number of carbonyl (C=O) groups is 2. The van der Waals surface area contributed by atoms with Gasteiger partial charge in [0.15, 0.2) is 0 Å². The summed E-state index contributed by atoms with van der Waals surface area (Å²) < 4.78 is 0. The van der Waals surface area contributed by atoms with E-state index in [1.807, 2.05) is 0 Å². The minimum Gasteiger partial charge on any atom is -0.481 e. The molecule has 102 valence electrons. The summed E-state index contributed by atoms with van der Waals surface area (Å²) >= 11 is 0. The van der Waals surface area contributed by atoms with E-state index in [0.29, 0.717) is 6.42 Å². The zero-order valence-corrected chi connectivity index (χ0v) is 10.7. The Morgan fingerprint density at radius 2 is 1.83 bits per heavy atom. The third-order valence-corrected chi connectivity index (χ3v) is 4.04. The van der Waals surface area contributed by atoms with E-state index < -0.39 is 11.9 Å². The van der Waals surface area contributed by atoms with Gasteiger partial charge in [0.25, 0.3) is 0 Å². The molecule has 3 N–H and O–H groups in total. The number of hydrogen-bond acceptors (Lipinski definition) is 3. The SMILES string of the molecule is O=C(O)C1CCCCCC1NC(=O)[C@@H]1CCCN1. The van der Waals surface area contributed by atoms with Crippen LogP contribution in [0.25, 0.3) is 0 Å². The highest BCUT2D eigenvalue weighted by Crippen LogP contribution is 2.24. The van der Waals surface area contributed by atoms with Gasteiger partial charge in [0.2, 0.25) is 5.91 Å². The highest BCUT2D eigenvalue weighted by molar-refractivity contribution is 5.83. The van der Waals surface area contributed by atoms with Crippen LogP contribution in [0, 0.1) is 5.92 Å². The summed E-state index contributed by atoms with van der Waals surface area (Å²) in [7, 11) is 0. The van der Waals surface area contributed by atoms with Crippen LogP contribution in [0.1, 0.15) is 44.9 Å². The molecule has 0 aromatic heterocycles. The maximum atomic E-state index is 12.0. The minimum atomic E-state index is -0.776. The maximum Gasteiger partial charge on any atom is 0.308 e. The van der Waals surface area contributed by atoms with E-state index in [-0.39, 0.29) is 18.0 Å². The smallest absolute Gasteiger partial charge is 0.308 e. The van der Waals surface area contributed by atoms with E-state index in [9.17, 15) is 14.7 Å². The number of aliphatic carboxylic acids is 1. The van der Waals surface area contributed by atoms with Crippen LogP contribution in [0.2, 0.25) is 0 Å². The average Bonchev–Trinajstić information content (AvgIpc) is 2.77. The first-order valence-electron chi connectivity index (χ1n) is 6.95. The highest BCUT2D eigenvalue weighted by atomic mass is 16.4. The van der Waals surface area contributed by atoms with Gasteiger partial charge < -0.3 is 15.7 Å². The van der Waals surface area contributed by atoms with E-state index >= 15 is 0 Å². The van der Waals surface area contributed by atoms with Gasteiger partial charge in [-0.1, -0.05) is 19.3 Å². The molecule has 2 rings (SSSR count). The van der Waals surface area contributed by atoms with Gasteiger partial charge in [0.1, 0.15) is 0 Å². The number of nitrogens with one attached hydrogen (secondary N) is 2. The molecule has 1 aliphatic carbocycles. The van der Waals surface area contributed by atoms with Crippen molar-refractivity contribution in [1.82, 2.24) is 10.6 Å². The fourth-order valence-electron chi connectivity index (χ4n) is 2.97. The predicted molar refractivity (Wildman–Crippen MR) is 67.2 cm³/mol. The molecular weight excluding hydrogens is 232 g/mol. The van der Waals surface area contributed by atoms with Gasteiger partial charge in [0, 0.05) is 6.04 Å². The van der Waals surface area contributed by atoms with E-state index in [4.69, 9.17) is 0 Å². The van der Waals surface area contributed by atoms with Gasteiger partial charge in [-0.25, -0.2) is 0 Å². The van der Waals surface area contributed by atoms with Crippen molar-refractivity contribution < 1.29 is 14.7 Å². The van der Waals surface area contributed by atoms with E-state index in [2.05, 4.69) is 10.6 Å². The Morgan fingerprint density at radius 3 is 2.50 bits per heavy atom. The minimum absolute atomic E-state index is 0.0225. The Balaban J connectivity index is 1.95. The average molecular weight is 254 g/mol. The van der Waals surface area contributed by atoms with Crippen LogP contribution >= 0.6 is 0 Å². The monoisotopic (exact) mass is 254 g/mol. The number of carbonyl (C=O) groups excluding carboxylic acids is 1. The van der Waals surface area contributed by atoms with Crippen LogP contribution in [-0.2, 0) is 9.59 Å². The summed E-state index contributed by atoms with van der Waals surface area (Å²) in [5.41, 5.74) is 0. The van der Waals surface area contributed by atoms with E-state index in [0.717, 1.165) is 45.1 Å². The first-order chi connectivity index (χ1) is 8.68. The molecule has 2 aliphatic rings. The van der Waals surface area contributed by atoms with Crippen LogP contribution in [0.5, 0.6) is 0 Å². The summed E-state index contributed by atoms with van der Waals surface area (Å²) in [5.74, 6) is -1.22. The molecule has 0 aromatic carbocycles. The number of rotatable bonds is 3. The molecule has 2 unspecified atom stereocenters. The molecule has 3 atom stereocenters. The van der Waals surface area contributed by atoms with E-state index in [1.165, 1.54) is 0 Å². The van der Waals surface area contributed by atoms with Crippen molar-refractivity contribution in [2.24, 2.45) is 5.92 Å². The quantitative estimate of drug-likeness (QED) is 0.654. The summed E-state index contributed by atoms with van der Waals surface area (Å²) in [6.07, 6.45) is 6.37. The van der Waals surface area contributed by atoms with Crippen molar-refractivity contribution in [1.29, 1.82) is 0 Å². The summed E-state index contributed by atoms with van der Waals surface area (Å²) in [4.78, 5) is 23.3. The Labute approximate surface area is 107 Å². The predicted octanol–water partition coefficient (Wildman–Crippen LogP) is 0.888. The number of carboxylic acid groups (broad SMARTS) is 1. The second-order valence-corrected chi connectivity index (χ2v) is 5.35. The second kappa shape index (κ2) is 6.18. The molecular formula is C13H22N2O3. The molecule has 0 radical (unpaired) electrons. The molecule has 1 aliphatic heterocycles. The van der Waals surface area contributed by atoms with Crippen LogP contribution in [0.15, 0.2) is 0 Å². The standard InChI is InChI=1S/C13H22N2O3/c16-12(11-7-4-8-14-11)15-10-6-3-1-2-5-9(10)13(17)18/h9-11,14H,1-8H2,(H,15,16)(H,17,18)/t9?,10?,11-/m0/s1. The van der Waals surface area contributed by atoms with Crippen LogP contribution in [0.3, 0.4) is 0 Å². The molecule has 18 heavy (non-hydrogen) atoms. The largest absolute Gasteiger partial charge is 0.481 e. The number of hydrogen-bond donors (Lipinski definition) is 3. The second-order valence-electron chi connectivity index (χ2n) is 5.35. The number of amides is 1. The van der Waals surface area contributed by atoms with Crippen molar-refractivity contribution in [2.45, 2.75) is 57.0 Å². The molecule has 2 fully saturated rings. The highest BCUT2D eigenvalue weighted by Gasteiger charge is 2.32. The first kappa shape index (κ1) is 13.3. The van der Waals surface area contributed by atoms with Crippen molar-refractivity contribution in [3.63, 3.8) is 0 Å². The normalized spacial score (nSPS) is 32.8. The topological polar surface area (TPSA) is 78.4 Å². The van der Waals surface area contributed by atoms with Gasteiger partial charge in [-0.05, 0) is 32.2 Å². The lowest BCUT2D eigenvalue weighted by atomic mass is 9.94. The van der Waals surface area contributed by atoms with Gasteiger partial charge in [-0.3, -0.25) is 9.59 Å². The maximum absolute atomic E-state index is 12.0. The zero-order valence-electron chi connectivity index (χ0n) is 10.7. The summed E-state index contributed by atoms with van der Waals surface area (Å²) in [6, 6.07) is -0.317. The molecule has 1 saturated carbocycles. The fourth-order valence-corrected chi connectivity index (χ4v) is 2.97. The van der Waals surface area contributed by atoms with Crippen molar-refractivity contribution in [3.05, 3.63) is 0 Å². The third-order valence-electron chi connectivity index (χ3n) is 4.04. The molecule has 1 heterocycles. The summed E-state index contributed by atoms with van der Waals surface area (Å²) in [5, 5.41) is 15.3. The molecule has 0 spiro atoms. The molecule has 1 amide bonds. The molecule has 0 bridgehead atoms. The van der Waals surface area contributed by atoms with Gasteiger partial charge in [0.05, 0.1) is 12.0 Å². The fraction of sp³-hybridized carbons (Fsp3) is 0.846. The van der Waals surface area contributed by atoms with Crippen molar-refractivity contribution in [3.8, 4) is 0 Å². The first-order valence-corrected chi connectivity index (χ1v) is 6.95. The lowest BCUT2D eigenvalue weighted by Crippen LogP contribution is -2.49. The van der Waals surface area contributed by atoms with Crippen molar-refractivity contribution >= 4 is 11.9 Å². The van der Waals surface area contributed by atoms with Crippen LogP contribution in [0.4, 0.5) is 0 Å². The molecule has 5 nitrogen and oxygen atoms in total. The Hall–Kier alpha value is -1.10. The van der Waals surface area contributed by atoms with Gasteiger partial charge in [-0.15, -0.1) is 0 Å². The van der Waals surface area contributed by atoms with Crippen molar-refractivity contribution in [2.75, 3.05) is 6.54 Å². The lowest BCUT2D eigenvalue weighted by molar-refractivity contribution is -0.143. The summed E-state index contributed by atoms with van der Waals surface area (Å²) in [6.45, 7) is 0.880. The van der Waals surface area contributed by atoms with Gasteiger partial charge >= 0.3 is 5.97 Å². The zero-order chi connectivity index (χ0) is 13.0. The van der Waals surface area contributed by atoms with E-state index in [1.54, 1.807) is 0 Å².